The first kappa shape index (κ1) is 28.3. The van der Waals surface area contributed by atoms with Crippen LogP contribution in [0.25, 0.3) is 0 Å². The summed E-state index contributed by atoms with van der Waals surface area (Å²) in [6.07, 6.45) is 0. The highest BCUT2D eigenvalue weighted by atomic mass is 32.2. The monoisotopic (exact) mass is 516 g/mol. The Morgan fingerprint density at radius 1 is 0.552 bits per heavy atom. The molecule has 0 radical (unpaired) electrons. The lowest BCUT2D eigenvalue weighted by Gasteiger charge is -2.47. The summed E-state index contributed by atoms with van der Waals surface area (Å²) in [7, 11) is -22.4. The summed E-state index contributed by atoms with van der Waals surface area (Å²) in [6.45, 7) is -4.51. The van der Waals surface area contributed by atoms with Crippen LogP contribution in [-0.4, -0.2) is 79.3 Å². The van der Waals surface area contributed by atoms with Gasteiger partial charge in [-0.1, -0.05) is 0 Å². The number of rotatable bonds is 12. The van der Waals surface area contributed by atoms with Crippen LogP contribution in [0, 0.1) is 5.41 Å². The molecule has 0 unspecified atom stereocenters. The van der Waals surface area contributed by atoms with E-state index in [2.05, 4.69) is 37.3 Å². The second kappa shape index (κ2) is 8.45. The summed E-state index contributed by atoms with van der Waals surface area (Å²) in [5.74, 6) is -9.52. The van der Waals surface area contributed by atoms with E-state index in [0.717, 1.165) is 0 Å². The van der Waals surface area contributed by atoms with Gasteiger partial charge in [-0.05, 0) is 0 Å². The van der Waals surface area contributed by atoms with Crippen LogP contribution in [0.15, 0.2) is 0 Å². The molecule has 29 heavy (non-hydrogen) atoms. The Hall–Kier alpha value is -0.680. The molecule has 0 fully saturated rings. The molecule has 12 N–H and O–H groups in total. The van der Waals surface area contributed by atoms with Crippen LogP contribution in [0.5, 0.6) is 0 Å². The average molecular weight is 516 g/mol. The smallest absolute Gasteiger partial charge is 0.337 e. The molecule has 20 nitrogen and oxygen atoms in total. The molecule has 176 valence electrons. The van der Waals surface area contributed by atoms with Crippen molar-refractivity contribution in [2.24, 2.45) is 26.0 Å². The van der Waals surface area contributed by atoms with Crippen molar-refractivity contribution in [3.63, 3.8) is 0 Å². The summed E-state index contributed by atoms with van der Waals surface area (Å²) in [6, 6.07) is 0. The van der Waals surface area contributed by atoms with Crippen LogP contribution in [-0.2, 0) is 57.9 Å². The minimum atomic E-state index is -5.61. The largest absolute Gasteiger partial charge is 0.395 e. The molecular weight excluding hydrogens is 500 g/mol. The standard InChI is InChI=1S/C5H16N4O16S4/c6-26(14,15)22-4(12,23-27(7,16)17)3(1-10,2-11)5(13,24-28(8,18)19)25-29(9,20)21/h10-13H,1-2H2,(H2,6,14,15)(H2,7,16,17)(H2,8,18,19)(H2,9,20,21). The molecule has 24 heteroatoms. The van der Waals surface area contributed by atoms with Crippen molar-refractivity contribution in [3.8, 4) is 0 Å². The molecule has 0 atom stereocenters. The fourth-order valence-electron chi connectivity index (χ4n) is 1.63. The SMILES string of the molecule is NS(=O)(=O)OC(O)(OS(N)(=O)=O)C(CO)(CO)C(O)(OS(N)(=O)=O)OS(N)(=O)=O. The van der Waals surface area contributed by atoms with E-state index >= 15 is 0 Å². The van der Waals surface area contributed by atoms with Crippen LogP contribution < -0.4 is 20.6 Å². The Bertz CT molecular complexity index is 861. The molecule has 0 aliphatic heterocycles. The minimum Gasteiger partial charge on any atom is -0.395 e. The van der Waals surface area contributed by atoms with Gasteiger partial charge in [-0.15, -0.1) is 0 Å². The number of aliphatic hydroxyl groups is 4. The second-order valence-corrected chi connectivity index (χ2v) is 9.48. The van der Waals surface area contributed by atoms with Crippen LogP contribution in [0.4, 0.5) is 0 Å². The molecule has 0 rings (SSSR count). The van der Waals surface area contributed by atoms with E-state index < -0.39 is 71.8 Å². The van der Waals surface area contributed by atoms with Crippen LogP contribution in [0.1, 0.15) is 0 Å². The maximum atomic E-state index is 11.2. The normalized spacial score (nSPS) is 15.4. The van der Waals surface area contributed by atoms with Gasteiger partial charge in [0.25, 0.3) is 0 Å². The van der Waals surface area contributed by atoms with E-state index in [1.165, 1.54) is 0 Å². The first-order valence-electron chi connectivity index (χ1n) is 6.05. The van der Waals surface area contributed by atoms with E-state index in [-0.39, 0.29) is 0 Å². The van der Waals surface area contributed by atoms with Crippen molar-refractivity contribution >= 4 is 41.2 Å². The fourth-order valence-corrected chi connectivity index (χ4v) is 3.75. The van der Waals surface area contributed by atoms with Gasteiger partial charge < -0.3 is 20.4 Å². The first-order valence-corrected chi connectivity index (χ1v) is 11.9. The van der Waals surface area contributed by atoms with E-state index in [4.69, 9.17) is 0 Å². The van der Waals surface area contributed by atoms with Crippen LogP contribution in [0.3, 0.4) is 0 Å². The van der Waals surface area contributed by atoms with Crippen LogP contribution >= 0.6 is 0 Å². The molecule has 0 spiro atoms. The highest BCUT2D eigenvalue weighted by Gasteiger charge is 2.73. The summed E-state index contributed by atoms with van der Waals surface area (Å²) in [5, 5.41) is 57.1. The lowest BCUT2D eigenvalue weighted by molar-refractivity contribution is -0.453. The van der Waals surface area contributed by atoms with Crippen LogP contribution in [0.2, 0.25) is 0 Å². The van der Waals surface area contributed by atoms with Gasteiger partial charge in [0.1, 0.15) is 0 Å². The number of nitrogens with two attached hydrogens (primary N) is 4. The third kappa shape index (κ3) is 7.82. The fraction of sp³-hybridized carbons (Fsp3) is 1.00. The lowest BCUT2D eigenvalue weighted by atomic mass is 9.84. The Balaban J connectivity index is 7.30. The molecule has 0 saturated heterocycles. The van der Waals surface area contributed by atoms with Crippen molar-refractivity contribution in [1.82, 2.24) is 0 Å². The van der Waals surface area contributed by atoms with Crippen molar-refractivity contribution < 1.29 is 70.8 Å². The summed E-state index contributed by atoms with van der Waals surface area (Å²) < 4.78 is 104. The topological polar surface area (TPSA) is 358 Å². The zero-order valence-corrected chi connectivity index (χ0v) is 16.8. The lowest BCUT2D eigenvalue weighted by Crippen LogP contribution is -2.72. The third-order valence-corrected chi connectivity index (χ3v) is 4.50. The molecule has 0 aliphatic rings. The molecule has 0 amide bonds. The molecule has 0 aromatic carbocycles. The minimum absolute atomic E-state index is 2.26. The molecule has 0 aliphatic carbocycles. The van der Waals surface area contributed by atoms with Gasteiger partial charge >= 0.3 is 53.2 Å². The third-order valence-electron chi connectivity index (χ3n) is 2.67. The Kier molecular flexibility index (Phi) is 8.25. The van der Waals surface area contributed by atoms with Gasteiger partial charge in [-0.3, -0.25) is 0 Å². The molecule has 0 heterocycles. The second-order valence-electron chi connectivity index (χ2n) is 4.87. The number of hydrogen-bond donors (Lipinski definition) is 8. The van der Waals surface area contributed by atoms with Crippen molar-refractivity contribution in [1.29, 1.82) is 0 Å². The van der Waals surface area contributed by atoms with Gasteiger partial charge in [0, 0.05) is 0 Å². The summed E-state index contributed by atoms with van der Waals surface area (Å²) in [5.41, 5.74) is -4.18. The van der Waals surface area contributed by atoms with Gasteiger partial charge in [-0.25, -0.2) is 20.6 Å². The van der Waals surface area contributed by atoms with E-state index in [1.807, 2.05) is 0 Å². The van der Waals surface area contributed by atoms with Gasteiger partial charge in [0.05, 0.1) is 13.2 Å². The van der Waals surface area contributed by atoms with Gasteiger partial charge in [0.2, 0.25) is 0 Å². The maximum absolute atomic E-state index is 11.2. The first-order chi connectivity index (χ1) is 12.4. The highest BCUT2D eigenvalue weighted by Crippen LogP contribution is 2.46. The van der Waals surface area contributed by atoms with E-state index in [9.17, 15) is 54.1 Å². The Morgan fingerprint density at radius 3 is 0.828 bits per heavy atom. The Labute approximate surface area is 163 Å². The van der Waals surface area contributed by atoms with Crippen molar-refractivity contribution in [2.45, 2.75) is 11.9 Å². The summed E-state index contributed by atoms with van der Waals surface area (Å²) in [4.78, 5) is 0. The summed E-state index contributed by atoms with van der Waals surface area (Å²) >= 11 is 0. The van der Waals surface area contributed by atoms with Crippen molar-refractivity contribution in [3.05, 3.63) is 0 Å². The molecule has 0 aromatic heterocycles. The van der Waals surface area contributed by atoms with Gasteiger partial charge in [0.15, 0.2) is 5.41 Å². The number of aliphatic hydroxyl groups excluding tert-OH is 2. The number of hydrogen-bond acceptors (Lipinski definition) is 16. The molecule has 0 saturated carbocycles. The molecular formula is C5H16N4O16S4. The zero-order chi connectivity index (χ0) is 23.7. The quantitative estimate of drug-likeness (QED) is 0.112. The highest BCUT2D eigenvalue weighted by molar-refractivity contribution is 7.85. The molecule has 0 aromatic rings. The molecule has 0 bridgehead atoms. The zero-order valence-electron chi connectivity index (χ0n) is 13.5. The predicted octanol–water partition coefficient (Wildman–Crippen LogP) is -7.87. The van der Waals surface area contributed by atoms with E-state index in [0.29, 0.717) is 0 Å². The average Bonchev–Trinajstić information content (AvgIpc) is 2.29. The maximum Gasteiger partial charge on any atom is 0.337 e. The predicted molar refractivity (Wildman–Crippen MR) is 83.3 cm³/mol. The van der Waals surface area contributed by atoms with Gasteiger partial charge in [-0.2, -0.15) is 50.4 Å². The van der Waals surface area contributed by atoms with Crippen molar-refractivity contribution in [2.75, 3.05) is 13.2 Å². The Morgan fingerprint density at radius 2 is 0.724 bits per heavy atom. The van der Waals surface area contributed by atoms with E-state index in [1.54, 1.807) is 0 Å².